The van der Waals surface area contributed by atoms with Crippen LogP contribution in [-0.4, -0.2) is 32.8 Å². The molecule has 0 radical (unpaired) electrons. The monoisotopic (exact) mass is 415 g/mol. The fraction of sp³-hybridized carbons (Fsp3) is 0.435. The van der Waals surface area contributed by atoms with Gasteiger partial charge in [0.1, 0.15) is 12.3 Å². The summed E-state index contributed by atoms with van der Waals surface area (Å²) in [5, 5.41) is 2.18. The lowest BCUT2D eigenvalue weighted by molar-refractivity contribution is -0.0130. The zero-order valence-electron chi connectivity index (χ0n) is 17.3. The fourth-order valence-electron chi connectivity index (χ4n) is 4.38. The Hall–Kier alpha value is -2.18. The van der Waals surface area contributed by atoms with Crippen molar-refractivity contribution in [3.05, 3.63) is 60.7 Å². The minimum Gasteiger partial charge on any atom is -0.443 e. The van der Waals surface area contributed by atoms with Crippen molar-refractivity contribution in [3.8, 4) is 0 Å². The third-order valence-corrected chi connectivity index (χ3v) is 10.8. The SMILES string of the molecule is CC(C)(C)[Si](O[C@@H]1CC[C@H](OC(N)=O)[C@@H](F)C1)(c1ccccc1)c1ccccc1. The van der Waals surface area contributed by atoms with Gasteiger partial charge in [-0.2, -0.15) is 0 Å². The molecule has 1 amide bonds. The molecule has 1 saturated carbocycles. The van der Waals surface area contributed by atoms with E-state index in [-0.39, 0.29) is 17.6 Å². The lowest BCUT2D eigenvalue weighted by Gasteiger charge is -2.46. The number of hydrogen-bond donors (Lipinski definition) is 1. The van der Waals surface area contributed by atoms with Crippen molar-refractivity contribution in [3.63, 3.8) is 0 Å². The Morgan fingerprint density at radius 2 is 1.52 bits per heavy atom. The quantitative estimate of drug-likeness (QED) is 0.753. The smallest absolute Gasteiger partial charge is 0.404 e. The predicted octanol–water partition coefficient (Wildman–Crippen LogP) is 3.92. The van der Waals surface area contributed by atoms with Crippen molar-refractivity contribution in [2.75, 3.05) is 0 Å². The topological polar surface area (TPSA) is 61.6 Å². The first-order chi connectivity index (χ1) is 13.7. The number of carbonyl (C=O) groups excluding carboxylic acids is 1. The Kier molecular flexibility index (Phi) is 6.44. The summed E-state index contributed by atoms with van der Waals surface area (Å²) >= 11 is 0. The molecule has 6 heteroatoms. The average molecular weight is 416 g/mol. The number of carbonyl (C=O) groups is 1. The zero-order valence-corrected chi connectivity index (χ0v) is 18.3. The molecule has 0 spiro atoms. The van der Waals surface area contributed by atoms with E-state index in [0.717, 1.165) is 0 Å². The van der Waals surface area contributed by atoms with Crippen molar-refractivity contribution < 1.29 is 18.3 Å². The molecule has 29 heavy (non-hydrogen) atoms. The van der Waals surface area contributed by atoms with Crippen molar-refractivity contribution >= 4 is 24.8 Å². The number of rotatable bonds is 5. The van der Waals surface area contributed by atoms with Gasteiger partial charge in [-0.1, -0.05) is 81.4 Å². The maximum Gasteiger partial charge on any atom is 0.404 e. The Bertz CT molecular complexity index is 770. The van der Waals surface area contributed by atoms with Crippen LogP contribution in [0.2, 0.25) is 5.04 Å². The lowest BCUT2D eigenvalue weighted by Crippen LogP contribution is -2.68. The van der Waals surface area contributed by atoms with Crippen LogP contribution in [0.3, 0.4) is 0 Å². The predicted molar refractivity (Wildman–Crippen MR) is 116 cm³/mol. The normalized spacial score (nSPS) is 22.8. The van der Waals surface area contributed by atoms with Gasteiger partial charge in [-0.05, 0) is 28.3 Å². The highest BCUT2D eigenvalue weighted by molar-refractivity contribution is 6.99. The van der Waals surface area contributed by atoms with Crippen LogP contribution in [0, 0.1) is 0 Å². The summed E-state index contributed by atoms with van der Waals surface area (Å²) in [6, 6.07) is 20.6. The van der Waals surface area contributed by atoms with E-state index >= 15 is 0 Å². The number of benzene rings is 2. The number of alkyl halides is 1. The molecule has 156 valence electrons. The molecule has 1 aliphatic carbocycles. The van der Waals surface area contributed by atoms with E-state index in [0.29, 0.717) is 12.8 Å². The lowest BCUT2D eigenvalue weighted by atomic mass is 9.93. The summed E-state index contributed by atoms with van der Waals surface area (Å²) in [6.07, 6.45) is -2.00. The van der Waals surface area contributed by atoms with Crippen LogP contribution in [-0.2, 0) is 9.16 Å². The number of halogens is 1. The highest BCUT2D eigenvalue weighted by Crippen LogP contribution is 2.39. The Labute approximate surface area is 173 Å². The third kappa shape index (κ3) is 4.54. The van der Waals surface area contributed by atoms with Gasteiger partial charge in [0.2, 0.25) is 0 Å². The van der Waals surface area contributed by atoms with Gasteiger partial charge in [0, 0.05) is 12.5 Å². The molecule has 0 saturated heterocycles. The number of amides is 1. The Balaban J connectivity index is 1.98. The standard InChI is InChI=1S/C23H30FNO3Si/c1-23(2,3)29(18-10-6-4-7-11-18,19-12-8-5-9-13-19)28-17-14-15-21(20(24)16-17)27-22(25)26/h4-13,17,20-21H,14-16H2,1-3H3,(H2,25,26)/t17-,20+,21+/m1/s1. The third-order valence-electron chi connectivity index (χ3n) is 5.69. The summed E-state index contributed by atoms with van der Waals surface area (Å²) in [7, 11) is -2.72. The molecule has 1 fully saturated rings. The summed E-state index contributed by atoms with van der Waals surface area (Å²) in [4.78, 5) is 11.0. The van der Waals surface area contributed by atoms with E-state index in [1.807, 2.05) is 36.4 Å². The van der Waals surface area contributed by atoms with Crippen molar-refractivity contribution in [2.24, 2.45) is 5.73 Å². The van der Waals surface area contributed by atoms with Crippen LogP contribution in [0.25, 0.3) is 0 Å². The summed E-state index contributed by atoms with van der Waals surface area (Å²) < 4.78 is 26.6. The molecule has 4 nitrogen and oxygen atoms in total. The minimum atomic E-state index is -2.72. The van der Waals surface area contributed by atoms with Gasteiger partial charge in [0.25, 0.3) is 8.32 Å². The summed E-state index contributed by atoms with van der Waals surface area (Å²) in [6.45, 7) is 6.61. The summed E-state index contributed by atoms with van der Waals surface area (Å²) in [5.41, 5.74) is 5.08. The number of hydrogen-bond acceptors (Lipinski definition) is 3. The Morgan fingerprint density at radius 1 is 1.00 bits per heavy atom. The number of ether oxygens (including phenoxy) is 1. The van der Waals surface area contributed by atoms with Crippen molar-refractivity contribution in [1.29, 1.82) is 0 Å². The van der Waals surface area contributed by atoms with E-state index in [4.69, 9.17) is 14.9 Å². The van der Waals surface area contributed by atoms with E-state index in [1.165, 1.54) is 10.4 Å². The molecule has 0 bridgehead atoms. The molecule has 0 aromatic heterocycles. The van der Waals surface area contributed by atoms with Crippen molar-refractivity contribution in [2.45, 2.75) is 63.5 Å². The van der Waals surface area contributed by atoms with Gasteiger partial charge in [-0.15, -0.1) is 0 Å². The summed E-state index contributed by atoms with van der Waals surface area (Å²) in [5.74, 6) is 0. The second-order valence-electron chi connectivity index (χ2n) is 8.71. The molecular weight excluding hydrogens is 385 g/mol. The minimum absolute atomic E-state index is 0.165. The Morgan fingerprint density at radius 3 is 1.93 bits per heavy atom. The number of nitrogens with two attached hydrogens (primary N) is 1. The van der Waals surface area contributed by atoms with E-state index in [1.54, 1.807) is 0 Å². The van der Waals surface area contributed by atoms with Crippen LogP contribution < -0.4 is 16.1 Å². The van der Waals surface area contributed by atoms with Gasteiger partial charge < -0.3 is 14.9 Å². The van der Waals surface area contributed by atoms with Gasteiger partial charge in [-0.25, -0.2) is 9.18 Å². The molecule has 2 aromatic rings. The molecule has 3 atom stereocenters. The molecule has 0 heterocycles. The fourth-order valence-corrected chi connectivity index (χ4v) is 9.11. The molecule has 0 unspecified atom stereocenters. The average Bonchev–Trinajstić information content (AvgIpc) is 2.68. The molecule has 3 rings (SSSR count). The molecular formula is C23H30FNO3Si. The van der Waals surface area contributed by atoms with Crippen LogP contribution in [0.4, 0.5) is 9.18 Å². The largest absolute Gasteiger partial charge is 0.443 e. The molecule has 1 aliphatic rings. The first-order valence-corrected chi connectivity index (χ1v) is 12.0. The van der Waals surface area contributed by atoms with E-state index in [2.05, 4.69) is 45.0 Å². The van der Waals surface area contributed by atoms with Crippen LogP contribution >= 0.6 is 0 Å². The van der Waals surface area contributed by atoms with Gasteiger partial charge in [0.15, 0.2) is 0 Å². The van der Waals surface area contributed by atoms with Gasteiger partial charge in [-0.3, -0.25) is 0 Å². The maximum absolute atomic E-state index is 14.7. The second-order valence-corrected chi connectivity index (χ2v) is 13.0. The highest BCUT2D eigenvalue weighted by Gasteiger charge is 2.52. The van der Waals surface area contributed by atoms with Crippen LogP contribution in [0.5, 0.6) is 0 Å². The first-order valence-electron chi connectivity index (χ1n) is 10.1. The zero-order chi connectivity index (χ0) is 21.1. The first kappa shape index (κ1) is 21.5. The molecule has 2 N–H and O–H groups in total. The van der Waals surface area contributed by atoms with Gasteiger partial charge in [0.05, 0.1) is 0 Å². The van der Waals surface area contributed by atoms with Crippen LogP contribution in [0.15, 0.2) is 60.7 Å². The highest BCUT2D eigenvalue weighted by atomic mass is 28.4. The second kappa shape index (κ2) is 8.67. The van der Waals surface area contributed by atoms with E-state index in [9.17, 15) is 9.18 Å². The number of primary amides is 1. The van der Waals surface area contributed by atoms with Gasteiger partial charge >= 0.3 is 6.09 Å². The van der Waals surface area contributed by atoms with Crippen LogP contribution in [0.1, 0.15) is 40.0 Å². The maximum atomic E-state index is 14.7. The van der Waals surface area contributed by atoms with Crippen molar-refractivity contribution in [1.82, 2.24) is 0 Å². The molecule has 2 aromatic carbocycles. The van der Waals surface area contributed by atoms with E-state index < -0.39 is 26.7 Å². The molecule has 0 aliphatic heterocycles.